The molecule has 3 aliphatic rings. The third kappa shape index (κ3) is 2.17. The van der Waals surface area contributed by atoms with Gasteiger partial charge in [0.15, 0.2) is 5.78 Å². The van der Waals surface area contributed by atoms with Crippen molar-refractivity contribution in [2.45, 2.75) is 45.4 Å². The van der Waals surface area contributed by atoms with E-state index in [9.17, 15) is 9.59 Å². The van der Waals surface area contributed by atoms with E-state index in [1.54, 1.807) is 0 Å². The van der Waals surface area contributed by atoms with Gasteiger partial charge in [-0.2, -0.15) is 0 Å². The average Bonchev–Trinajstić information content (AvgIpc) is 2.82. The van der Waals surface area contributed by atoms with Crippen molar-refractivity contribution in [3.8, 4) is 5.75 Å². The highest BCUT2D eigenvalue weighted by atomic mass is 16.5. The molecule has 0 bridgehead atoms. The molecule has 3 unspecified atom stereocenters. The number of hydrogen-bond acceptors (Lipinski definition) is 3. The van der Waals surface area contributed by atoms with Crippen molar-refractivity contribution < 1.29 is 14.3 Å². The Morgan fingerprint density at radius 1 is 1.30 bits per heavy atom. The second-order valence-corrected chi connectivity index (χ2v) is 7.47. The smallest absolute Gasteiger partial charge is 0.308 e. The number of rotatable bonds is 1. The maximum absolute atomic E-state index is 12.3. The van der Waals surface area contributed by atoms with Gasteiger partial charge in [0.25, 0.3) is 0 Å². The summed E-state index contributed by atoms with van der Waals surface area (Å²) in [4.78, 5) is 23.4. The third-order valence-electron chi connectivity index (χ3n) is 6.23. The average molecular weight is 310 g/mol. The van der Waals surface area contributed by atoms with Crippen molar-refractivity contribution in [3.63, 3.8) is 0 Å². The van der Waals surface area contributed by atoms with Crippen molar-refractivity contribution >= 4 is 11.8 Å². The predicted molar refractivity (Wildman–Crippen MR) is 87.3 cm³/mol. The molecular formula is C20H22O3. The molecule has 3 aliphatic carbocycles. The van der Waals surface area contributed by atoms with E-state index in [-0.39, 0.29) is 11.4 Å². The van der Waals surface area contributed by atoms with Crippen LogP contribution in [0.3, 0.4) is 0 Å². The molecule has 3 nitrogen and oxygen atoms in total. The van der Waals surface area contributed by atoms with Crippen LogP contribution in [-0.2, 0) is 16.0 Å². The van der Waals surface area contributed by atoms with Crippen molar-refractivity contribution in [1.82, 2.24) is 0 Å². The molecular weight excluding hydrogens is 288 g/mol. The van der Waals surface area contributed by atoms with Crippen LogP contribution in [0.5, 0.6) is 5.75 Å². The number of benzene rings is 1. The van der Waals surface area contributed by atoms with Crippen molar-refractivity contribution in [3.05, 3.63) is 41.5 Å². The van der Waals surface area contributed by atoms with Gasteiger partial charge in [-0.05, 0) is 72.8 Å². The maximum Gasteiger partial charge on any atom is 0.308 e. The first-order valence-corrected chi connectivity index (χ1v) is 8.53. The zero-order chi connectivity index (χ0) is 16.2. The lowest BCUT2D eigenvalue weighted by Crippen LogP contribution is -2.42. The monoisotopic (exact) mass is 310 g/mol. The zero-order valence-electron chi connectivity index (χ0n) is 13.7. The molecule has 0 spiro atoms. The number of allylic oxidation sites excluding steroid dienone is 2. The van der Waals surface area contributed by atoms with Gasteiger partial charge in [0.1, 0.15) is 5.75 Å². The van der Waals surface area contributed by atoms with Crippen LogP contribution < -0.4 is 4.74 Å². The molecule has 0 amide bonds. The summed E-state index contributed by atoms with van der Waals surface area (Å²) in [6.45, 7) is 3.58. The number of ether oxygens (including phenoxy) is 1. The van der Waals surface area contributed by atoms with E-state index < -0.39 is 0 Å². The molecule has 3 heteroatoms. The number of ketones is 1. The van der Waals surface area contributed by atoms with Crippen LogP contribution in [0.4, 0.5) is 0 Å². The Morgan fingerprint density at radius 2 is 2.13 bits per heavy atom. The highest BCUT2D eigenvalue weighted by Crippen LogP contribution is 2.57. The van der Waals surface area contributed by atoms with Gasteiger partial charge in [-0.3, -0.25) is 9.59 Å². The van der Waals surface area contributed by atoms with Gasteiger partial charge in [0, 0.05) is 12.3 Å². The van der Waals surface area contributed by atoms with Gasteiger partial charge >= 0.3 is 5.97 Å². The van der Waals surface area contributed by atoms with Crippen molar-refractivity contribution in [2.75, 3.05) is 0 Å². The topological polar surface area (TPSA) is 43.4 Å². The molecule has 1 aromatic rings. The van der Waals surface area contributed by atoms with Gasteiger partial charge in [0.2, 0.25) is 0 Å². The summed E-state index contributed by atoms with van der Waals surface area (Å²) in [5.74, 6) is 2.15. The second kappa shape index (κ2) is 5.05. The molecule has 0 aliphatic heterocycles. The Balaban J connectivity index is 1.66. The first kappa shape index (κ1) is 14.7. The summed E-state index contributed by atoms with van der Waals surface area (Å²) in [6.07, 6.45) is 8.13. The fourth-order valence-electron chi connectivity index (χ4n) is 5.06. The first-order chi connectivity index (χ1) is 11.0. The van der Waals surface area contributed by atoms with Crippen LogP contribution in [0, 0.1) is 17.3 Å². The molecule has 0 heterocycles. The number of hydrogen-bond donors (Lipinski definition) is 0. The molecule has 1 aromatic carbocycles. The molecule has 0 N–H and O–H groups in total. The van der Waals surface area contributed by atoms with Gasteiger partial charge < -0.3 is 4.74 Å². The lowest BCUT2D eigenvalue weighted by molar-refractivity contribution is -0.132. The fourth-order valence-corrected chi connectivity index (χ4v) is 5.06. The van der Waals surface area contributed by atoms with Crippen LogP contribution in [-0.4, -0.2) is 11.8 Å². The van der Waals surface area contributed by atoms with Crippen LogP contribution in [0.2, 0.25) is 0 Å². The van der Waals surface area contributed by atoms with Crippen LogP contribution in [0.1, 0.15) is 50.2 Å². The maximum atomic E-state index is 12.3. The Labute approximate surface area is 136 Å². The molecule has 1 fully saturated rings. The van der Waals surface area contributed by atoms with E-state index in [2.05, 4.69) is 19.1 Å². The number of carbonyl (C=O) groups is 2. The molecule has 0 aromatic heterocycles. The van der Waals surface area contributed by atoms with Gasteiger partial charge in [-0.15, -0.1) is 0 Å². The molecule has 1 saturated carbocycles. The van der Waals surface area contributed by atoms with Gasteiger partial charge in [0.05, 0.1) is 0 Å². The molecule has 120 valence electrons. The summed E-state index contributed by atoms with van der Waals surface area (Å²) in [5, 5.41) is 0. The summed E-state index contributed by atoms with van der Waals surface area (Å²) in [6, 6.07) is 6.07. The summed E-state index contributed by atoms with van der Waals surface area (Å²) in [7, 11) is 0. The summed E-state index contributed by atoms with van der Waals surface area (Å²) < 4.78 is 5.22. The number of aryl methyl sites for hydroxylation is 1. The van der Waals surface area contributed by atoms with E-state index in [1.165, 1.54) is 18.1 Å². The number of fused-ring (bicyclic) bond motifs is 5. The highest BCUT2D eigenvalue weighted by Gasteiger charge is 2.52. The Kier molecular flexibility index (Phi) is 3.22. The van der Waals surface area contributed by atoms with Crippen LogP contribution in [0.15, 0.2) is 30.4 Å². The highest BCUT2D eigenvalue weighted by molar-refractivity contribution is 5.97. The van der Waals surface area contributed by atoms with E-state index in [1.807, 2.05) is 18.2 Å². The minimum absolute atomic E-state index is 0.170. The third-order valence-corrected chi connectivity index (χ3v) is 6.23. The van der Waals surface area contributed by atoms with E-state index in [0.717, 1.165) is 25.7 Å². The Bertz CT molecular complexity index is 718. The standard InChI is InChI=1S/C20H22O3/c1-12(21)23-14-4-6-15-13(11-14)3-5-17-16(15)9-10-20(2)18(17)7-8-19(20)22/h4,6-8,11,16-18H,3,5,9-10H2,1-2H3/t16?,17?,18?,20-/m0/s1. The molecule has 4 rings (SSSR count). The Morgan fingerprint density at radius 3 is 2.91 bits per heavy atom. The minimum Gasteiger partial charge on any atom is -0.427 e. The van der Waals surface area contributed by atoms with E-state index >= 15 is 0 Å². The van der Waals surface area contributed by atoms with E-state index in [0.29, 0.717) is 29.3 Å². The van der Waals surface area contributed by atoms with Gasteiger partial charge in [-0.1, -0.05) is 19.1 Å². The molecule has 4 atom stereocenters. The van der Waals surface area contributed by atoms with Crippen LogP contribution >= 0.6 is 0 Å². The lowest BCUT2D eigenvalue weighted by Gasteiger charge is -2.48. The molecule has 0 radical (unpaired) electrons. The molecule has 0 saturated heterocycles. The predicted octanol–water partition coefficient (Wildman–Crippen LogP) is 3.81. The lowest BCUT2D eigenvalue weighted by atomic mass is 9.55. The molecule has 23 heavy (non-hydrogen) atoms. The number of carbonyl (C=O) groups excluding carboxylic acids is 2. The second-order valence-electron chi connectivity index (χ2n) is 7.47. The van der Waals surface area contributed by atoms with Crippen LogP contribution in [0.25, 0.3) is 0 Å². The Hall–Kier alpha value is -1.90. The van der Waals surface area contributed by atoms with Crippen molar-refractivity contribution in [1.29, 1.82) is 0 Å². The first-order valence-electron chi connectivity index (χ1n) is 8.53. The minimum atomic E-state index is -0.276. The largest absolute Gasteiger partial charge is 0.427 e. The SMILES string of the molecule is CC(=O)Oc1ccc2c(c1)CCC1C2CC[C@]2(C)C(=O)C=CC12. The van der Waals surface area contributed by atoms with Crippen molar-refractivity contribution in [2.24, 2.45) is 17.3 Å². The van der Waals surface area contributed by atoms with E-state index in [4.69, 9.17) is 4.74 Å². The zero-order valence-corrected chi connectivity index (χ0v) is 13.7. The summed E-state index contributed by atoms with van der Waals surface area (Å²) >= 11 is 0. The quantitative estimate of drug-likeness (QED) is 0.585. The summed E-state index contributed by atoms with van der Waals surface area (Å²) in [5.41, 5.74) is 2.53. The van der Waals surface area contributed by atoms with Gasteiger partial charge in [-0.25, -0.2) is 0 Å². The number of esters is 1. The normalized spacial score (nSPS) is 34.5. The fraction of sp³-hybridized carbons (Fsp3) is 0.500.